The second-order valence-corrected chi connectivity index (χ2v) is 2.07. The molecule has 0 N–H and O–H groups in total. The van der Waals surface area contributed by atoms with Crippen LogP contribution in [0.4, 0.5) is 0 Å². The van der Waals surface area contributed by atoms with Crippen LogP contribution in [0.15, 0.2) is 30.3 Å². The minimum Gasteiger partial charge on any atom is -0.275 e. The molecule has 53 valence electrons. The Morgan fingerprint density at radius 2 is 1.91 bits per heavy atom. The lowest BCUT2D eigenvalue weighted by Crippen LogP contribution is -1.78. The number of hydrogen-bond acceptors (Lipinski definition) is 1. The van der Waals surface area contributed by atoms with E-state index in [4.69, 9.17) is 0 Å². The highest BCUT2D eigenvalue weighted by Crippen LogP contribution is 1.97. The molecule has 1 radical (unpaired) electrons. The first-order chi connectivity index (χ1) is 5.43. The third-order valence-corrected chi connectivity index (χ3v) is 1.27. The third-order valence-electron chi connectivity index (χ3n) is 1.27. The Morgan fingerprint density at radius 3 is 2.55 bits per heavy atom. The normalized spacial score (nSPS) is 8.00. The van der Waals surface area contributed by atoms with Gasteiger partial charge in [-0.25, -0.2) is 0 Å². The summed E-state index contributed by atoms with van der Waals surface area (Å²) in [6.45, 7) is 0. The summed E-state index contributed by atoms with van der Waals surface area (Å²) in [6, 6.07) is 9.78. The van der Waals surface area contributed by atoms with Gasteiger partial charge in [-0.05, 0) is 11.5 Å². The van der Waals surface area contributed by atoms with Crippen LogP contribution in [0.1, 0.15) is 5.56 Å². The van der Waals surface area contributed by atoms with Crippen LogP contribution in [0.5, 0.6) is 0 Å². The van der Waals surface area contributed by atoms with Crippen molar-refractivity contribution in [2.45, 2.75) is 6.42 Å². The van der Waals surface area contributed by atoms with Crippen molar-refractivity contribution >= 4 is 6.29 Å². The Balaban J connectivity index is 2.58. The molecule has 0 aliphatic carbocycles. The fourth-order valence-corrected chi connectivity index (χ4v) is 0.778. The number of carbonyl (C=O) groups excluding carboxylic acids is 1. The first-order valence-corrected chi connectivity index (χ1v) is 3.32. The van der Waals surface area contributed by atoms with Crippen LogP contribution in [-0.2, 0) is 11.2 Å². The van der Waals surface area contributed by atoms with E-state index < -0.39 is 0 Å². The fraction of sp³-hybridized carbons (Fsp3) is 0.100. The molecular formula is C10H7O. The van der Waals surface area contributed by atoms with E-state index in [1.807, 2.05) is 30.3 Å². The van der Waals surface area contributed by atoms with Gasteiger partial charge in [0.05, 0.1) is 0 Å². The smallest absolute Gasteiger partial charge is 0.275 e. The van der Waals surface area contributed by atoms with E-state index in [2.05, 4.69) is 11.8 Å². The van der Waals surface area contributed by atoms with Crippen LogP contribution in [-0.4, -0.2) is 6.29 Å². The van der Waals surface area contributed by atoms with E-state index in [-0.39, 0.29) is 0 Å². The Hall–Kier alpha value is -1.55. The van der Waals surface area contributed by atoms with Gasteiger partial charge in [0.25, 0.3) is 6.29 Å². The molecule has 0 bridgehead atoms. The molecule has 0 heterocycles. The average molecular weight is 143 g/mol. The minimum absolute atomic E-state index is 0.621. The van der Waals surface area contributed by atoms with Gasteiger partial charge < -0.3 is 0 Å². The highest BCUT2D eigenvalue weighted by atomic mass is 16.1. The maximum atomic E-state index is 9.70. The molecule has 1 aromatic carbocycles. The highest BCUT2D eigenvalue weighted by molar-refractivity contribution is 5.73. The Labute approximate surface area is 66.1 Å². The van der Waals surface area contributed by atoms with Gasteiger partial charge in [-0.2, -0.15) is 0 Å². The Morgan fingerprint density at radius 1 is 1.18 bits per heavy atom. The second kappa shape index (κ2) is 4.29. The van der Waals surface area contributed by atoms with E-state index in [9.17, 15) is 4.79 Å². The molecule has 0 fully saturated rings. The third kappa shape index (κ3) is 2.68. The molecule has 0 unspecified atom stereocenters. The standard InChI is InChI=1S/C10H7O/c11-9-5-4-8-10-6-2-1-3-7-10/h1-3,6-7H,8H2. The van der Waals surface area contributed by atoms with Gasteiger partial charge in [-0.3, -0.25) is 4.79 Å². The van der Waals surface area contributed by atoms with Crippen LogP contribution >= 0.6 is 0 Å². The SMILES string of the molecule is O=[C]C#CCc1ccccc1. The van der Waals surface area contributed by atoms with Crippen LogP contribution in [0.3, 0.4) is 0 Å². The summed E-state index contributed by atoms with van der Waals surface area (Å²) < 4.78 is 0. The molecule has 0 aliphatic heterocycles. The molecule has 0 aromatic heterocycles. The molecule has 1 aromatic rings. The first kappa shape index (κ1) is 7.56. The van der Waals surface area contributed by atoms with Crippen molar-refractivity contribution in [2.24, 2.45) is 0 Å². The summed E-state index contributed by atoms with van der Waals surface area (Å²) in [6.07, 6.45) is 2.15. The molecule has 0 saturated heterocycles. The molecule has 0 atom stereocenters. The molecule has 1 heteroatoms. The van der Waals surface area contributed by atoms with Gasteiger partial charge in [0.2, 0.25) is 0 Å². The van der Waals surface area contributed by atoms with E-state index in [1.54, 1.807) is 0 Å². The minimum atomic E-state index is 0.621. The van der Waals surface area contributed by atoms with Crippen molar-refractivity contribution in [3.05, 3.63) is 35.9 Å². The van der Waals surface area contributed by atoms with E-state index in [0.29, 0.717) is 6.42 Å². The lowest BCUT2D eigenvalue weighted by Gasteiger charge is -1.89. The van der Waals surface area contributed by atoms with Gasteiger partial charge in [0, 0.05) is 6.42 Å². The Bertz CT molecular complexity index is 277. The van der Waals surface area contributed by atoms with Crippen molar-refractivity contribution in [2.75, 3.05) is 0 Å². The summed E-state index contributed by atoms with van der Waals surface area (Å²) in [4.78, 5) is 9.70. The van der Waals surface area contributed by atoms with E-state index >= 15 is 0 Å². The van der Waals surface area contributed by atoms with E-state index in [0.717, 1.165) is 5.56 Å². The van der Waals surface area contributed by atoms with Crippen molar-refractivity contribution < 1.29 is 4.79 Å². The maximum Gasteiger partial charge on any atom is 0.284 e. The van der Waals surface area contributed by atoms with Crippen molar-refractivity contribution in [3.8, 4) is 11.8 Å². The van der Waals surface area contributed by atoms with Crippen LogP contribution in [0.25, 0.3) is 0 Å². The number of hydrogen-bond donors (Lipinski definition) is 0. The molecule has 0 saturated carbocycles. The first-order valence-electron chi connectivity index (χ1n) is 3.32. The monoisotopic (exact) mass is 143 g/mol. The van der Waals surface area contributed by atoms with Gasteiger partial charge in [-0.1, -0.05) is 36.3 Å². The van der Waals surface area contributed by atoms with Crippen LogP contribution in [0, 0.1) is 11.8 Å². The summed E-state index contributed by atoms with van der Waals surface area (Å²) in [5, 5.41) is 0. The van der Waals surface area contributed by atoms with Gasteiger partial charge in [-0.15, -0.1) is 0 Å². The zero-order chi connectivity index (χ0) is 7.94. The molecule has 11 heavy (non-hydrogen) atoms. The topological polar surface area (TPSA) is 17.1 Å². The number of benzene rings is 1. The average Bonchev–Trinajstić information content (AvgIpc) is 2.07. The highest BCUT2D eigenvalue weighted by Gasteiger charge is 1.83. The van der Waals surface area contributed by atoms with Crippen molar-refractivity contribution in [3.63, 3.8) is 0 Å². The molecule has 1 rings (SSSR count). The summed E-state index contributed by atoms with van der Waals surface area (Å²) >= 11 is 0. The molecular weight excluding hydrogens is 136 g/mol. The summed E-state index contributed by atoms with van der Waals surface area (Å²) in [5.74, 6) is 4.92. The lowest BCUT2D eigenvalue weighted by molar-refractivity contribution is 0.565. The predicted molar refractivity (Wildman–Crippen MR) is 43.6 cm³/mol. The quantitative estimate of drug-likeness (QED) is 0.542. The van der Waals surface area contributed by atoms with Crippen molar-refractivity contribution in [1.82, 2.24) is 0 Å². The summed E-state index contributed by atoms with van der Waals surface area (Å²) in [5.41, 5.74) is 1.12. The molecule has 0 spiro atoms. The maximum absolute atomic E-state index is 9.70. The number of rotatable bonds is 1. The zero-order valence-electron chi connectivity index (χ0n) is 6.00. The molecule has 0 aliphatic rings. The molecule has 0 amide bonds. The van der Waals surface area contributed by atoms with Gasteiger partial charge in [0.1, 0.15) is 0 Å². The fourth-order valence-electron chi connectivity index (χ4n) is 0.778. The summed E-state index contributed by atoms with van der Waals surface area (Å²) in [7, 11) is 0. The van der Waals surface area contributed by atoms with Gasteiger partial charge >= 0.3 is 0 Å². The predicted octanol–water partition coefficient (Wildman–Crippen LogP) is 1.34. The largest absolute Gasteiger partial charge is 0.284 e. The van der Waals surface area contributed by atoms with Crippen LogP contribution < -0.4 is 0 Å². The zero-order valence-corrected chi connectivity index (χ0v) is 6.00. The van der Waals surface area contributed by atoms with Gasteiger partial charge in [0.15, 0.2) is 0 Å². The Kier molecular flexibility index (Phi) is 2.95. The molecule has 1 nitrogen and oxygen atoms in total. The van der Waals surface area contributed by atoms with Crippen molar-refractivity contribution in [1.29, 1.82) is 0 Å². The van der Waals surface area contributed by atoms with E-state index in [1.165, 1.54) is 6.29 Å². The second-order valence-electron chi connectivity index (χ2n) is 2.07. The lowest BCUT2D eigenvalue weighted by atomic mass is 10.2. The van der Waals surface area contributed by atoms with Crippen LogP contribution in [0.2, 0.25) is 0 Å².